The fourth-order valence-electron chi connectivity index (χ4n) is 2.74. The van der Waals surface area contributed by atoms with Gasteiger partial charge in [0.25, 0.3) is 5.91 Å². The second-order valence-corrected chi connectivity index (χ2v) is 6.02. The maximum absolute atomic E-state index is 12.2. The highest BCUT2D eigenvalue weighted by molar-refractivity contribution is 5.95. The lowest BCUT2D eigenvalue weighted by atomic mass is 10.1. The standard InChI is InChI=1S/C22H17N5O/c28-22(17-8-3-1-4-9-17)25-24-15-19-16-27(20-11-5-2-6-12-20)26-21(19)18-10-7-13-23-14-18/h1-16H,(H,25,28)/b24-15-. The van der Waals surface area contributed by atoms with Gasteiger partial charge in [-0.15, -0.1) is 0 Å². The van der Waals surface area contributed by atoms with E-state index in [9.17, 15) is 4.79 Å². The van der Waals surface area contributed by atoms with E-state index in [0.29, 0.717) is 5.56 Å². The lowest BCUT2D eigenvalue weighted by Gasteiger charge is -2.00. The first-order chi connectivity index (χ1) is 13.8. The van der Waals surface area contributed by atoms with Crippen molar-refractivity contribution in [1.29, 1.82) is 0 Å². The zero-order valence-electron chi connectivity index (χ0n) is 14.9. The molecule has 0 unspecified atom stereocenters. The van der Waals surface area contributed by atoms with E-state index in [1.165, 1.54) is 0 Å². The molecule has 1 N–H and O–H groups in total. The van der Waals surface area contributed by atoms with Gasteiger partial charge in [-0.3, -0.25) is 9.78 Å². The van der Waals surface area contributed by atoms with Crippen LogP contribution < -0.4 is 5.43 Å². The van der Waals surface area contributed by atoms with Crippen molar-refractivity contribution in [3.05, 3.63) is 103 Å². The number of nitrogens with zero attached hydrogens (tertiary/aromatic N) is 4. The molecule has 1 amide bonds. The van der Waals surface area contributed by atoms with E-state index in [-0.39, 0.29) is 5.91 Å². The lowest BCUT2D eigenvalue weighted by molar-refractivity contribution is 0.0955. The smallest absolute Gasteiger partial charge is 0.267 e. The van der Waals surface area contributed by atoms with Crippen LogP contribution in [0.15, 0.2) is 96.5 Å². The quantitative estimate of drug-likeness (QED) is 0.432. The number of hydrazone groups is 1. The largest absolute Gasteiger partial charge is 0.271 e. The van der Waals surface area contributed by atoms with Crippen LogP contribution in [0.2, 0.25) is 0 Å². The molecular weight excluding hydrogens is 350 g/mol. The van der Waals surface area contributed by atoms with Crippen molar-refractivity contribution in [2.75, 3.05) is 0 Å². The van der Waals surface area contributed by atoms with Gasteiger partial charge >= 0.3 is 0 Å². The van der Waals surface area contributed by atoms with Crippen molar-refractivity contribution in [3.8, 4) is 16.9 Å². The molecule has 0 fully saturated rings. The third kappa shape index (κ3) is 3.86. The Bertz CT molecular complexity index is 1090. The minimum atomic E-state index is -0.268. The van der Waals surface area contributed by atoms with Gasteiger partial charge < -0.3 is 0 Å². The molecule has 0 saturated heterocycles. The molecule has 0 aliphatic carbocycles. The molecule has 2 aromatic carbocycles. The summed E-state index contributed by atoms with van der Waals surface area (Å²) in [6.45, 7) is 0. The minimum Gasteiger partial charge on any atom is -0.267 e. The summed E-state index contributed by atoms with van der Waals surface area (Å²) in [6, 6.07) is 22.5. The Hall–Kier alpha value is -4.06. The second-order valence-electron chi connectivity index (χ2n) is 6.02. The van der Waals surface area contributed by atoms with Crippen molar-refractivity contribution in [1.82, 2.24) is 20.2 Å². The first-order valence-corrected chi connectivity index (χ1v) is 8.75. The van der Waals surface area contributed by atoms with Crippen molar-refractivity contribution in [2.45, 2.75) is 0 Å². The van der Waals surface area contributed by atoms with Crippen LogP contribution in [-0.4, -0.2) is 26.9 Å². The summed E-state index contributed by atoms with van der Waals surface area (Å²) in [5.74, 6) is -0.268. The molecule has 0 aliphatic heterocycles. The number of rotatable bonds is 5. The Kier molecular flexibility index (Phi) is 5.02. The van der Waals surface area contributed by atoms with Crippen LogP contribution in [0.3, 0.4) is 0 Å². The number of nitrogens with one attached hydrogen (secondary N) is 1. The minimum absolute atomic E-state index is 0.268. The third-order valence-electron chi connectivity index (χ3n) is 4.10. The molecular formula is C22H17N5O. The number of carbonyl (C=O) groups excluding carboxylic acids is 1. The summed E-state index contributed by atoms with van der Waals surface area (Å²) >= 11 is 0. The molecule has 0 saturated carbocycles. The molecule has 0 aliphatic rings. The van der Waals surface area contributed by atoms with Crippen LogP contribution in [0, 0.1) is 0 Å². The van der Waals surface area contributed by atoms with Gasteiger partial charge in [0.1, 0.15) is 5.69 Å². The van der Waals surface area contributed by atoms with E-state index in [2.05, 4.69) is 20.6 Å². The fraction of sp³-hybridized carbons (Fsp3) is 0. The summed E-state index contributed by atoms with van der Waals surface area (Å²) < 4.78 is 1.78. The number of carbonyl (C=O) groups is 1. The summed E-state index contributed by atoms with van der Waals surface area (Å²) in [5, 5.41) is 8.79. The fourth-order valence-corrected chi connectivity index (χ4v) is 2.74. The summed E-state index contributed by atoms with van der Waals surface area (Å²) in [4.78, 5) is 16.3. The number of hydrogen-bond donors (Lipinski definition) is 1. The van der Waals surface area contributed by atoms with Gasteiger partial charge in [-0.2, -0.15) is 10.2 Å². The highest BCUT2D eigenvalue weighted by Gasteiger charge is 2.11. The monoisotopic (exact) mass is 367 g/mol. The van der Waals surface area contributed by atoms with Crippen LogP contribution in [0.4, 0.5) is 0 Å². The zero-order valence-corrected chi connectivity index (χ0v) is 14.9. The van der Waals surface area contributed by atoms with Gasteiger partial charge in [0, 0.05) is 35.3 Å². The van der Waals surface area contributed by atoms with Crippen LogP contribution >= 0.6 is 0 Å². The molecule has 28 heavy (non-hydrogen) atoms. The van der Waals surface area contributed by atoms with Gasteiger partial charge in [0.2, 0.25) is 0 Å². The molecule has 4 rings (SSSR count). The average molecular weight is 367 g/mol. The van der Waals surface area contributed by atoms with E-state index >= 15 is 0 Å². The summed E-state index contributed by atoms with van der Waals surface area (Å²) in [7, 11) is 0. The number of para-hydroxylation sites is 1. The number of amides is 1. The Balaban J connectivity index is 1.63. The van der Waals surface area contributed by atoms with Gasteiger partial charge in [-0.25, -0.2) is 10.1 Å². The molecule has 0 spiro atoms. The molecule has 4 aromatic rings. The van der Waals surface area contributed by atoms with Gasteiger partial charge in [-0.05, 0) is 36.4 Å². The first kappa shape index (κ1) is 17.4. The SMILES string of the molecule is O=C(N/N=C\c1cn(-c2ccccc2)nc1-c1cccnc1)c1ccccc1. The van der Waals surface area contributed by atoms with Crippen molar-refractivity contribution in [2.24, 2.45) is 5.10 Å². The molecule has 136 valence electrons. The number of hydrogen-bond acceptors (Lipinski definition) is 4. The van der Waals surface area contributed by atoms with Crippen molar-refractivity contribution < 1.29 is 4.79 Å². The zero-order chi connectivity index (χ0) is 19.2. The van der Waals surface area contributed by atoms with Crippen molar-refractivity contribution >= 4 is 12.1 Å². The van der Waals surface area contributed by atoms with E-state index in [4.69, 9.17) is 0 Å². The van der Waals surface area contributed by atoms with E-state index in [1.54, 1.807) is 35.4 Å². The Morgan fingerprint density at radius 3 is 2.43 bits per heavy atom. The number of pyridine rings is 1. The molecule has 0 radical (unpaired) electrons. The maximum Gasteiger partial charge on any atom is 0.271 e. The molecule has 2 aromatic heterocycles. The predicted octanol–water partition coefficient (Wildman–Crippen LogP) is 3.70. The molecule has 0 atom stereocenters. The normalized spacial score (nSPS) is 10.9. The number of benzene rings is 2. The maximum atomic E-state index is 12.2. The van der Waals surface area contributed by atoms with Crippen LogP contribution in [0.1, 0.15) is 15.9 Å². The summed E-state index contributed by atoms with van der Waals surface area (Å²) in [6.07, 6.45) is 6.93. The van der Waals surface area contributed by atoms with Crippen LogP contribution in [0.25, 0.3) is 16.9 Å². The summed E-state index contributed by atoms with van der Waals surface area (Å²) in [5.41, 5.74) is 6.40. The lowest BCUT2D eigenvalue weighted by Crippen LogP contribution is -2.17. The molecule has 0 bridgehead atoms. The molecule has 6 nitrogen and oxygen atoms in total. The predicted molar refractivity (Wildman–Crippen MR) is 108 cm³/mol. The molecule has 2 heterocycles. The van der Waals surface area contributed by atoms with Gasteiger partial charge in [0.05, 0.1) is 11.9 Å². The van der Waals surface area contributed by atoms with E-state index in [1.807, 2.05) is 66.9 Å². The van der Waals surface area contributed by atoms with Gasteiger partial charge in [-0.1, -0.05) is 36.4 Å². The number of aromatic nitrogens is 3. The van der Waals surface area contributed by atoms with Crippen molar-refractivity contribution in [3.63, 3.8) is 0 Å². The second kappa shape index (κ2) is 8.09. The topological polar surface area (TPSA) is 72.2 Å². The Labute approximate surface area is 162 Å². The first-order valence-electron chi connectivity index (χ1n) is 8.75. The molecule has 6 heteroatoms. The van der Waals surface area contributed by atoms with Crippen LogP contribution in [-0.2, 0) is 0 Å². The van der Waals surface area contributed by atoms with E-state index < -0.39 is 0 Å². The van der Waals surface area contributed by atoms with Gasteiger partial charge in [0.15, 0.2) is 0 Å². The Morgan fingerprint density at radius 2 is 1.71 bits per heavy atom. The Morgan fingerprint density at radius 1 is 0.964 bits per heavy atom. The van der Waals surface area contributed by atoms with Crippen LogP contribution in [0.5, 0.6) is 0 Å². The highest BCUT2D eigenvalue weighted by Crippen LogP contribution is 2.21. The van der Waals surface area contributed by atoms with E-state index in [0.717, 1.165) is 22.5 Å². The highest BCUT2D eigenvalue weighted by atomic mass is 16.2. The third-order valence-corrected chi connectivity index (χ3v) is 4.10. The average Bonchev–Trinajstić information content (AvgIpc) is 3.20.